The van der Waals surface area contributed by atoms with Crippen molar-refractivity contribution in [2.45, 2.75) is 19.4 Å². The summed E-state index contributed by atoms with van der Waals surface area (Å²) in [5.41, 5.74) is 9.69. The van der Waals surface area contributed by atoms with Crippen molar-refractivity contribution in [1.82, 2.24) is 0 Å². The van der Waals surface area contributed by atoms with Crippen molar-refractivity contribution in [1.29, 1.82) is 0 Å². The summed E-state index contributed by atoms with van der Waals surface area (Å²) in [6, 6.07) is 11.0. The van der Waals surface area contributed by atoms with E-state index < -0.39 is 0 Å². The minimum atomic E-state index is 0.225. The molecule has 1 unspecified atom stereocenters. The standard InChI is InChI=1S/C13H15NS/c1-10(14)7-11-3-2-4-12(8-11)13-5-6-15-9-13/h2-6,8-10H,7,14H2,1H3. The Kier molecular flexibility index (Phi) is 3.19. The van der Waals surface area contributed by atoms with Crippen molar-refractivity contribution < 1.29 is 0 Å². The predicted molar refractivity (Wildman–Crippen MR) is 67.1 cm³/mol. The Morgan fingerprint density at radius 3 is 2.80 bits per heavy atom. The number of thiophene rings is 1. The van der Waals surface area contributed by atoms with Gasteiger partial charge in [-0.3, -0.25) is 0 Å². The molecule has 2 heteroatoms. The minimum absolute atomic E-state index is 0.225. The van der Waals surface area contributed by atoms with E-state index >= 15 is 0 Å². The van der Waals surface area contributed by atoms with E-state index in [1.165, 1.54) is 16.7 Å². The molecule has 0 saturated carbocycles. The second-order valence-corrected chi connectivity index (χ2v) is 4.67. The van der Waals surface area contributed by atoms with Gasteiger partial charge in [-0.1, -0.05) is 24.3 Å². The van der Waals surface area contributed by atoms with Crippen molar-refractivity contribution in [3.05, 3.63) is 46.7 Å². The minimum Gasteiger partial charge on any atom is -0.328 e. The molecule has 1 nitrogen and oxygen atoms in total. The van der Waals surface area contributed by atoms with E-state index in [1.54, 1.807) is 11.3 Å². The first-order valence-electron chi connectivity index (χ1n) is 5.13. The number of hydrogen-bond donors (Lipinski definition) is 1. The van der Waals surface area contributed by atoms with Crippen LogP contribution in [0.2, 0.25) is 0 Å². The molecule has 1 aromatic carbocycles. The summed E-state index contributed by atoms with van der Waals surface area (Å²) in [5, 5.41) is 4.28. The lowest BCUT2D eigenvalue weighted by Crippen LogP contribution is -2.17. The Balaban J connectivity index is 2.27. The first-order chi connectivity index (χ1) is 7.25. The lowest BCUT2D eigenvalue weighted by molar-refractivity contribution is 0.738. The van der Waals surface area contributed by atoms with E-state index in [9.17, 15) is 0 Å². The normalized spacial score (nSPS) is 12.7. The lowest BCUT2D eigenvalue weighted by atomic mass is 10.0. The predicted octanol–water partition coefficient (Wildman–Crippen LogP) is 3.30. The van der Waals surface area contributed by atoms with Gasteiger partial charge in [-0.2, -0.15) is 11.3 Å². The summed E-state index contributed by atoms with van der Waals surface area (Å²) in [6.07, 6.45) is 0.942. The molecular formula is C13H15NS. The van der Waals surface area contributed by atoms with E-state index in [2.05, 4.69) is 41.1 Å². The van der Waals surface area contributed by atoms with Gasteiger partial charge in [-0.25, -0.2) is 0 Å². The van der Waals surface area contributed by atoms with Crippen molar-refractivity contribution in [3.8, 4) is 11.1 Å². The molecule has 0 aliphatic carbocycles. The van der Waals surface area contributed by atoms with Crippen LogP contribution in [0.4, 0.5) is 0 Å². The summed E-state index contributed by atoms with van der Waals surface area (Å²) in [6.45, 7) is 2.04. The Hall–Kier alpha value is -1.12. The van der Waals surface area contributed by atoms with Gasteiger partial charge < -0.3 is 5.73 Å². The quantitative estimate of drug-likeness (QED) is 0.838. The SMILES string of the molecule is CC(N)Cc1cccc(-c2ccsc2)c1. The third-order valence-corrected chi connectivity index (χ3v) is 3.02. The average Bonchev–Trinajstić information content (AvgIpc) is 2.69. The van der Waals surface area contributed by atoms with E-state index in [-0.39, 0.29) is 6.04 Å². The fraction of sp³-hybridized carbons (Fsp3) is 0.231. The molecule has 0 bridgehead atoms. The molecular weight excluding hydrogens is 202 g/mol. The first-order valence-corrected chi connectivity index (χ1v) is 6.07. The zero-order valence-corrected chi connectivity index (χ0v) is 9.63. The van der Waals surface area contributed by atoms with Crippen LogP contribution in [0.5, 0.6) is 0 Å². The zero-order valence-electron chi connectivity index (χ0n) is 8.81. The zero-order chi connectivity index (χ0) is 10.7. The molecule has 0 saturated heterocycles. The van der Waals surface area contributed by atoms with Crippen molar-refractivity contribution in [2.24, 2.45) is 5.73 Å². The number of rotatable bonds is 3. The van der Waals surface area contributed by atoms with Crippen LogP contribution in [-0.4, -0.2) is 6.04 Å². The van der Waals surface area contributed by atoms with Crippen molar-refractivity contribution in [3.63, 3.8) is 0 Å². The van der Waals surface area contributed by atoms with Crippen LogP contribution in [0.25, 0.3) is 11.1 Å². The van der Waals surface area contributed by atoms with Crippen LogP contribution in [0.3, 0.4) is 0 Å². The topological polar surface area (TPSA) is 26.0 Å². The third-order valence-electron chi connectivity index (χ3n) is 2.34. The highest BCUT2D eigenvalue weighted by Gasteiger charge is 2.01. The highest BCUT2D eigenvalue weighted by atomic mass is 32.1. The highest BCUT2D eigenvalue weighted by molar-refractivity contribution is 7.08. The van der Waals surface area contributed by atoms with Gasteiger partial charge in [-0.15, -0.1) is 0 Å². The summed E-state index contributed by atoms with van der Waals surface area (Å²) in [7, 11) is 0. The number of hydrogen-bond acceptors (Lipinski definition) is 2. The van der Waals surface area contributed by atoms with Gasteiger partial charge in [0, 0.05) is 6.04 Å². The molecule has 2 rings (SSSR count). The molecule has 0 spiro atoms. The van der Waals surface area contributed by atoms with E-state index in [0.717, 1.165) is 6.42 Å². The summed E-state index contributed by atoms with van der Waals surface area (Å²) < 4.78 is 0. The van der Waals surface area contributed by atoms with Gasteiger partial charge in [0.25, 0.3) is 0 Å². The Labute approximate surface area is 94.6 Å². The molecule has 1 heterocycles. The van der Waals surface area contributed by atoms with Gasteiger partial charge in [-0.05, 0) is 46.9 Å². The molecule has 2 N–H and O–H groups in total. The molecule has 2 aromatic rings. The molecule has 0 amide bonds. The number of nitrogens with two attached hydrogens (primary N) is 1. The summed E-state index contributed by atoms with van der Waals surface area (Å²) >= 11 is 1.73. The number of benzene rings is 1. The second-order valence-electron chi connectivity index (χ2n) is 3.89. The molecule has 0 fully saturated rings. The average molecular weight is 217 g/mol. The molecule has 1 atom stereocenters. The van der Waals surface area contributed by atoms with Crippen LogP contribution in [0, 0.1) is 0 Å². The second kappa shape index (κ2) is 4.60. The van der Waals surface area contributed by atoms with Crippen LogP contribution >= 0.6 is 11.3 Å². The van der Waals surface area contributed by atoms with E-state index in [4.69, 9.17) is 5.73 Å². The van der Waals surface area contributed by atoms with Crippen molar-refractivity contribution in [2.75, 3.05) is 0 Å². The molecule has 78 valence electrons. The van der Waals surface area contributed by atoms with Gasteiger partial charge in [0.05, 0.1) is 0 Å². The molecule has 0 aliphatic rings. The van der Waals surface area contributed by atoms with Gasteiger partial charge in [0.15, 0.2) is 0 Å². The van der Waals surface area contributed by atoms with Crippen LogP contribution in [0.15, 0.2) is 41.1 Å². The third kappa shape index (κ3) is 2.67. The maximum Gasteiger partial charge on any atom is 0.00509 e. The van der Waals surface area contributed by atoms with E-state index in [0.29, 0.717) is 0 Å². The Morgan fingerprint density at radius 1 is 1.27 bits per heavy atom. The molecule has 15 heavy (non-hydrogen) atoms. The fourth-order valence-electron chi connectivity index (χ4n) is 1.68. The fourth-order valence-corrected chi connectivity index (χ4v) is 2.34. The lowest BCUT2D eigenvalue weighted by Gasteiger charge is -2.06. The highest BCUT2D eigenvalue weighted by Crippen LogP contribution is 2.23. The largest absolute Gasteiger partial charge is 0.328 e. The van der Waals surface area contributed by atoms with Gasteiger partial charge in [0.1, 0.15) is 0 Å². The maximum absolute atomic E-state index is 5.80. The summed E-state index contributed by atoms with van der Waals surface area (Å²) in [5.74, 6) is 0. The molecule has 0 radical (unpaired) electrons. The van der Waals surface area contributed by atoms with Gasteiger partial charge >= 0.3 is 0 Å². The molecule has 1 aromatic heterocycles. The Bertz CT molecular complexity index is 418. The van der Waals surface area contributed by atoms with Crippen LogP contribution in [-0.2, 0) is 6.42 Å². The van der Waals surface area contributed by atoms with Crippen LogP contribution in [0.1, 0.15) is 12.5 Å². The monoisotopic (exact) mass is 217 g/mol. The first kappa shape index (κ1) is 10.4. The molecule has 0 aliphatic heterocycles. The Morgan fingerprint density at radius 2 is 2.13 bits per heavy atom. The maximum atomic E-state index is 5.80. The van der Waals surface area contributed by atoms with Crippen LogP contribution < -0.4 is 5.73 Å². The van der Waals surface area contributed by atoms with E-state index in [1.807, 2.05) is 6.92 Å². The smallest absolute Gasteiger partial charge is 0.00509 e. The van der Waals surface area contributed by atoms with Crippen molar-refractivity contribution >= 4 is 11.3 Å². The summed E-state index contributed by atoms with van der Waals surface area (Å²) in [4.78, 5) is 0. The van der Waals surface area contributed by atoms with Gasteiger partial charge in [0.2, 0.25) is 0 Å².